The van der Waals surface area contributed by atoms with Crippen molar-refractivity contribution in [3.8, 4) is 0 Å². The van der Waals surface area contributed by atoms with Crippen LogP contribution in [0, 0.1) is 0 Å². The van der Waals surface area contributed by atoms with Crippen molar-refractivity contribution in [3.05, 3.63) is 58.9 Å². The van der Waals surface area contributed by atoms with Crippen LogP contribution in [-0.2, 0) is 0 Å². The number of rotatable bonds is 0. The molecule has 0 radical (unpaired) electrons. The Bertz CT molecular complexity index is 1180. The number of hydrogen-bond acceptors (Lipinski definition) is 1. The smallest absolute Gasteiger partial charge is 0.149 e. The Kier molecular flexibility index (Phi) is 1.18. The number of hydrogen-bond donors (Lipinski definition) is 0. The summed E-state index contributed by atoms with van der Waals surface area (Å²) in [4.78, 5) is 0. The first-order valence-corrected chi connectivity index (χ1v) is 6.13. The Morgan fingerprint density at radius 3 is 2.72 bits per heavy atom. The van der Waals surface area contributed by atoms with Crippen LogP contribution in [0.4, 0.5) is 0 Å². The third kappa shape index (κ3) is 1.27. The predicted molar refractivity (Wildman–Crippen MR) is 78.9 cm³/mol. The van der Waals surface area contributed by atoms with Crippen molar-refractivity contribution in [2.24, 2.45) is 0 Å². The Morgan fingerprint density at radius 1 is 0.889 bits per heavy atom. The average Bonchev–Trinajstić information content (AvgIpc) is 2.95. The average molecular weight is 303 g/mol. The topological polar surface area (TPSA) is 13.1 Å². The molecule has 1 nitrogen and oxygen atoms in total. The molecule has 0 unspecified atom stereocenters. The first-order chi connectivity index (χ1) is 11.3. The van der Waals surface area contributed by atoms with Gasteiger partial charge in [0, 0.05) is 16.2 Å². The lowest BCUT2D eigenvalue weighted by molar-refractivity contribution is 0.670. The van der Waals surface area contributed by atoms with E-state index in [9.17, 15) is 0 Å². The molecular formula is C16H9BrO. The van der Waals surface area contributed by atoms with Gasteiger partial charge in [0.2, 0.25) is 0 Å². The molecule has 0 bridgehead atoms. The lowest BCUT2D eigenvalue weighted by Crippen LogP contribution is -1.72. The molecule has 0 aliphatic heterocycles. The molecule has 2 heteroatoms. The minimum absolute atomic E-state index is 0.00804. The van der Waals surface area contributed by atoms with Gasteiger partial charge in [-0.25, -0.2) is 0 Å². The molecule has 0 atom stereocenters. The Morgan fingerprint density at radius 2 is 1.78 bits per heavy atom. The molecule has 0 amide bonds. The molecular weight excluding hydrogens is 288 g/mol. The number of furan rings is 1. The fourth-order valence-corrected chi connectivity index (χ4v) is 2.53. The second-order valence-electron chi connectivity index (χ2n) is 3.92. The molecule has 1 aromatic heterocycles. The van der Waals surface area contributed by atoms with Crippen LogP contribution >= 0.6 is 15.9 Å². The van der Waals surface area contributed by atoms with Gasteiger partial charge in [-0.1, -0.05) is 42.3 Å². The fourth-order valence-electron chi connectivity index (χ4n) is 2.09. The van der Waals surface area contributed by atoms with Crippen LogP contribution in [0.3, 0.4) is 0 Å². The summed E-state index contributed by atoms with van der Waals surface area (Å²) in [5, 5.41) is 1.16. The molecule has 1 heterocycles. The quantitative estimate of drug-likeness (QED) is 0.418. The van der Waals surface area contributed by atoms with E-state index in [4.69, 9.17) is 12.6 Å². The van der Waals surface area contributed by atoms with E-state index in [1.54, 1.807) is 18.2 Å². The molecule has 0 saturated carbocycles. The normalized spacial score (nSPS) is 16.3. The molecule has 4 rings (SSSR count). The van der Waals surface area contributed by atoms with Crippen LogP contribution in [0.2, 0.25) is 0 Å². The number of para-hydroxylation sites is 1. The Balaban J connectivity index is 2.44. The third-order valence-corrected chi connectivity index (χ3v) is 3.52. The lowest BCUT2D eigenvalue weighted by Gasteiger charge is -1.97. The van der Waals surface area contributed by atoms with Gasteiger partial charge in [0.05, 0.1) is 12.7 Å². The van der Waals surface area contributed by atoms with Gasteiger partial charge >= 0.3 is 0 Å². The van der Waals surface area contributed by atoms with Gasteiger partial charge in [0.1, 0.15) is 11.2 Å². The molecule has 0 fully saturated rings. The highest BCUT2D eigenvalue weighted by Crippen LogP contribution is 2.36. The molecule has 86 valence electrons. The summed E-state index contributed by atoms with van der Waals surface area (Å²) in [7, 11) is 0. The van der Waals surface area contributed by atoms with Crippen molar-refractivity contribution in [1.82, 2.24) is 0 Å². The number of benzene rings is 3. The van der Waals surface area contributed by atoms with E-state index in [0.29, 0.717) is 20.8 Å². The molecule has 0 saturated heterocycles. The highest BCUT2D eigenvalue weighted by atomic mass is 79.9. The maximum absolute atomic E-state index is 8.32. The van der Waals surface area contributed by atoms with Crippen molar-refractivity contribution in [2.75, 3.05) is 0 Å². The highest BCUT2D eigenvalue weighted by molar-refractivity contribution is 9.10. The Hall–Kier alpha value is -1.80. The zero-order chi connectivity index (χ0) is 17.3. The summed E-state index contributed by atoms with van der Waals surface area (Å²) in [6, 6.07) is 3.60. The van der Waals surface area contributed by atoms with Crippen molar-refractivity contribution >= 4 is 48.6 Å². The van der Waals surface area contributed by atoms with Crippen molar-refractivity contribution < 1.29 is 12.6 Å². The second kappa shape index (κ2) is 3.59. The lowest BCUT2D eigenvalue weighted by atomic mass is 10.1. The van der Waals surface area contributed by atoms with E-state index >= 15 is 0 Å². The molecule has 4 aromatic rings. The molecule has 0 spiro atoms. The van der Waals surface area contributed by atoms with Crippen molar-refractivity contribution in [1.29, 1.82) is 0 Å². The van der Waals surface area contributed by atoms with Crippen LogP contribution < -0.4 is 0 Å². The van der Waals surface area contributed by atoms with Crippen LogP contribution in [0.1, 0.15) is 8.22 Å². The minimum atomic E-state index is -0.419. The van der Waals surface area contributed by atoms with E-state index in [1.165, 1.54) is 0 Å². The zero-order valence-electron chi connectivity index (χ0n) is 15.0. The molecule has 18 heavy (non-hydrogen) atoms. The number of halogens is 1. The van der Waals surface area contributed by atoms with Gasteiger partial charge in [-0.2, -0.15) is 0 Å². The maximum atomic E-state index is 8.32. The van der Waals surface area contributed by atoms with Crippen LogP contribution in [0.15, 0.2) is 63.3 Å². The van der Waals surface area contributed by atoms with Crippen molar-refractivity contribution in [3.63, 3.8) is 0 Å². The first-order valence-electron chi connectivity index (χ1n) is 8.34. The van der Waals surface area contributed by atoms with Crippen LogP contribution in [0.25, 0.3) is 32.7 Å². The largest absolute Gasteiger partial charge is 0.454 e. The van der Waals surface area contributed by atoms with E-state index < -0.39 is 6.04 Å². The molecule has 0 N–H and O–H groups in total. The van der Waals surface area contributed by atoms with E-state index in [0.717, 1.165) is 0 Å². The van der Waals surface area contributed by atoms with Gasteiger partial charge < -0.3 is 4.42 Å². The second-order valence-corrected chi connectivity index (χ2v) is 4.78. The highest BCUT2D eigenvalue weighted by Gasteiger charge is 2.11. The predicted octanol–water partition coefficient (Wildman–Crippen LogP) is 5.50. The summed E-state index contributed by atoms with van der Waals surface area (Å²) >= 11 is 3.39. The SMILES string of the molecule is [2H]c1c([2H])c([2H])c2c(c1[2H])c([2H])c([2H])c1c3cccc(Br)c3oc21. The summed E-state index contributed by atoms with van der Waals surface area (Å²) in [6.45, 7) is 0. The van der Waals surface area contributed by atoms with E-state index in [-0.39, 0.29) is 46.6 Å². The van der Waals surface area contributed by atoms with E-state index in [1.807, 2.05) is 0 Å². The standard InChI is InChI=1S/C16H9BrO/c17-14-7-3-6-12-13-9-8-10-4-1-2-5-11(10)15(13)18-16(12)14/h1-9H/i1D,2D,4D,5D,8D,9D. The van der Waals surface area contributed by atoms with E-state index in [2.05, 4.69) is 15.9 Å². The minimum Gasteiger partial charge on any atom is -0.454 e. The molecule has 3 aromatic carbocycles. The molecule has 0 aliphatic rings. The first kappa shape index (κ1) is 5.89. The molecule has 0 aliphatic carbocycles. The third-order valence-electron chi connectivity index (χ3n) is 2.89. The van der Waals surface area contributed by atoms with Gasteiger partial charge in [-0.05, 0) is 33.4 Å². The fraction of sp³-hybridized carbons (Fsp3) is 0. The van der Waals surface area contributed by atoms with Gasteiger partial charge in [-0.15, -0.1) is 0 Å². The summed E-state index contributed by atoms with van der Waals surface area (Å²) in [5.41, 5.74) is 0.695. The van der Waals surface area contributed by atoms with Crippen LogP contribution in [0.5, 0.6) is 0 Å². The van der Waals surface area contributed by atoms with Gasteiger partial charge in [0.25, 0.3) is 0 Å². The van der Waals surface area contributed by atoms with Crippen molar-refractivity contribution in [2.45, 2.75) is 0 Å². The zero-order valence-corrected chi connectivity index (χ0v) is 10.6. The van der Waals surface area contributed by atoms with Crippen LogP contribution in [-0.4, -0.2) is 0 Å². The van der Waals surface area contributed by atoms with Gasteiger partial charge in [0.15, 0.2) is 0 Å². The maximum Gasteiger partial charge on any atom is 0.149 e. The Labute approximate surface area is 121 Å². The van der Waals surface area contributed by atoms with Gasteiger partial charge in [-0.3, -0.25) is 0 Å². The summed E-state index contributed by atoms with van der Waals surface area (Å²) in [6.07, 6.45) is 0. The monoisotopic (exact) mass is 302 g/mol. The number of fused-ring (bicyclic) bond motifs is 5. The summed E-state index contributed by atoms with van der Waals surface area (Å²) in [5.74, 6) is 0. The summed E-state index contributed by atoms with van der Waals surface area (Å²) < 4.78 is 55.1.